The van der Waals surface area contributed by atoms with E-state index in [2.05, 4.69) is 20.7 Å². The summed E-state index contributed by atoms with van der Waals surface area (Å²) in [5, 5.41) is 0. The van der Waals surface area contributed by atoms with Gasteiger partial charge in [0.2, 0.25) is 0 Å². The molecular weight excluding hydrogens is 292 g/mol. The van der Waals surface area contributed by atoms with Gasteiger partial charge in [-0.25, -0.2) is 0 Å². The number of hydrogen-bond donors (Lipinski definition) is 1. The molecule has 0 aromatic heterocycles. The van der Waals surface area contributed by atoms with Gasteiger partial charge in [-0.05, 0) is 37.1 Å². The van der Waals surface area contributed by atoms with Crippen molar-refractivity contribution in [2.24, 2.45) is 0 Å². The summed E-state index contributed by atoms with van der Waals surface area (Å²) in [6.07, 6.45) is 0. The molecule has 0 bridgehead atoms. The second kappa shape index (κ2) is 4.73. The van der Waals surface area contributed by atoms with Crippen LogP contribution < -0.4 is 4.72 Å². The lowest BCUT2D eigenvalue weighted by Crippen LogP contribution is -2.28. The Morgan fingerprint density at radius 2 is 1.62 bits per heavy atom. The second-order valence-electron chi connectivity index (χ2n) is 3.81. The van der Waals surface area contributed by atoms with Crippen molar-refractivity contribution in [2.45, 2.75) is 13.8 Å². The van der Waals surface area contributed by atoms with E-state index in [-0.39, 0.29) is 0 Å². The van der Waals surface area contributed by atoms with Crippen LogP contribution in [0, 0.1) is 13.8 Å². The van der Waals surface area contributed by atoms with E-state index in [1.54, 1.807) is 12.1 Å². The molecule has 16 heavy (non-hydrogen) atoms. The second-order valence-corrected chi connectivity index (χ2v) is 6.49. The first-order valence-electron chi connectivity index (χ1n) is 4.71. The minimum Gasteiger partial charge on any atom is -0.271 e. The van der Waals surface area contributed by atoms with Crippen molar-refractivity contribution in [3.8, 4) is 0 Å². The molecule has 0 aliphatic heterocycles. The molecule has 4 nitrogen and oxygen atoms in total. The van der Waals surface area contributed by atoms with Crippen molar-refractivity contribution in [3.63, 3.8) is 0 Å². The predicted octanol–water partition coefficient (Wildman–Crippen LogP) is 2.28. The SMILES string of the molecule is Cc1cc(NS(=O)(=O)N(C)C)cc(C)c1Br. The van der Waals surface area contributed by atoms with E-state index in [1.165, 1.54) is 14.1 Å². The monoisotopic (exact) mass is 306 g/mol. The Morgan fingerprint density at radius 3 is 2.00 bits per heavy atom. The molecule has 0 saturated carbocycles. The predicted molar refractivity (Wildman–Crippen MR) is 69.8 cm³/mol. The zero-order chi connectivity index (χ0) is 12.5. The molecule has 1 aromatic rings. The molecule has 0 aliphatic carbocycles. The van der Waals surface area contributed by atoms with Crippen LogP contribution in [0.15, 0.2) is 16.6 Å². The zero-order valence-corrected chi connectivity index (χ0v) is 12.1. The number of anilines is 1. The number of aryl methyl sites for hydroxylation is 2. The Hall–Kier alpha value is -0.590. The van der Waals surface area contributed by atoms with Gasteiger partial charge >= 0.3 is 10.2 Å². The smallest absolute Gasteiger partial charge is 0.271 e. The van der Waals surface area contributed by atoms with Crippen LogP contribution in [0.1, 0.15) is 11.1 Å². The lowest BCUT2D eigenvalue weighted by molar-refractivity contribution is 0.527. The van der Waals surface area contributed by atoms with Gasteiger partial charge in [-0.2, -0.15) is 12.7 Å². The summed E-state index contributed by atoms with van der Waals surface area (Å²) >= 11 is 3.43. The van der Waals surface area contributed by atoms with Crippen molar-refractivity contribution in [3.05, 3.63) is 27.7 Å². The van der Waals surface area contributed by atoms with Gasteiger partial charge in [0.25, 0.3) is 0 Å². The van der Waals surface area contributed by atoms with E-state index in [0.29, 0.717) is 5.69 Å². The van der Waals surface area contributed by atoms with E-state index in [0.717, 1.165) is 19.9 Å². The molecule has 0 saturated heterocycles. The van der Waals surface area contributed by atoms with Crippen LogP contribution in [-0.2, 0) is 10.2 Å². The highest BCUT2D eigenvalue weighted by molar-refractivity contribution is 9.10. The summed E-state index contributed by atoms with van der Waals surface area (Å²) < 4.78 is 27.9. The third kappa shape index (κ3) is 2.96. The summed E-state index contributed by atoms with van der Waals surface area (Å²) in [7, 11) is -0.456. The van der Waals surface area contributed by atoms with Crippen molar-refractivity contribution in [1.82, 2.24) is 4.31 Å². The zero-order valence-electron chi connectivity index (χ0n) is 9.70. The van der Waals surface area contributed by atoms with Gasteiger partial charge in [0.1, 0.15) is 0 Å². The third-order valence-electron chi connectivity index (χ3n) is 2.16. The van der Waals surface area contributed by atoms with Gasteiger partial charge in [-0.3, -0.25) is 4.72 Å². The molecule has 90 valence electrons. The van der Waals surface area contributed by atoms with Crippen molar-refractivity contribution >= 4 is 31.8 Å². The van der Waals surface area contributed by atoms with Gasteiger partial charge < -0.3 is 0 Å². The highest BCUT2D eigenvalue weighted by atomic mass is 79.9. The molecule has 0 amide bonds. The number of halogens is 1. The lowest BCUT2D eigenvalue weighted by atomic mass is 10.1. The number of rotatable bonds is 3. The van der Waals surface area contributed by atoms with E-state index >= 15 is 0 Å². The highest BCUT2D eigenvalue weighted by Crippen LogP contribution is 2.25. The number of hydrogen-bond acceptors (Lipinski definition) is 2. The average Bonchev–Trinajstić information content (AvgIpc) is 2.13. The summed E-state index contributed by atoms with van der Waals surface area (Å²) in [6.45, 7) is 3.84. The van der Waals surface area contributed by atoms with Crippen molar-refractivity contribution in [2.75, 3.05) is 18.8 Å². The highest BCUT2D eigenvalue weighted by Gasteiger charge is 2.13. The molecule has 0 radical (unpaired) electrons. The Kier molecular flexibility index (Phi) is 3.98. The number of benzene rings is 1. The Labute approximate surface area is 105 Å². The van der Waals surface area contributed by atoms with E-state index in [1.807, 2.05) is 13.8 Å². The van der Waals surface area contributed by atoms with Crippen LogP contribution >= 0.6 is 15.9 Å². The number of nitrogens with one attached hydrogen (secondary N) is 1. The minimum atomic E-state index is -3.43. The molecule has 0 fully saturated rings. The molecule has 0 spiro atoms. The maximum atomic E-state index is 11.6. The first-order chi connectivity index (χ1) is 7.24. The lowest BCUT2D eigenvalue weighted by Gasteiger charge is -2.15. The fourth-order valence-corrected chi connectivity index (χ4v) is 2.07. The fraction of sp³-hybridized carbons (Fsp3) is 0.400. The largest absolute Gasteiger partial charge is 0.301 e. The number of nitrogens with zero attached hydrogens (tertiary/aromatic N) is 1. The maximum Gasteiger partial charge on any atom is 0.301 e. The molecule has 6 heteroatoms. The molecule has 1 N–H and O–H groups in total. The normalized spacial score (nSPS) is 11.9. The summed E-state index contributed by atoms with van der Waals surface area (Å²) in [5.41, 5.74) is 2.57. The molecule has 1 rings (SSSR count). The summed E-state index contributed by atoms with van der Waals surface area (Å²) in [4.78, 5) is 0. The summed E-state index contributed by atoms with van der Waals surface area (Å²) in [5.74, 6) is 0. The van der Waals surface area contributed by atoms with Gasteiger partial charge in [0, 0.05) is 18.6 Å². The minimum absolute atomic E-state index is 0.576. The summed E-state index contributed by atoms with van der Waals surface area (Å²) in [6, 6.07) is 3.58. The Morgan fingerprint density at radius 1 is 1.19 bits per heavy atom. The van der Waals surface area contributed by atoms with Gasteiger partial charge in [0.05, 0.1) is 5.69 Å². The van der Waals surface area contributed by atoms with Crippen LogP contribution in [0.2, 0.25) is 0 Å². The standard InChI is InChI=1S/C10H15BrN2O2S/c1-7-5-9(6-8(2)10(7)11)12-16(14,15)13(3)4/h5-6,12H,1-4H3. The van der Waals surface area contributed by atoms with Crippen LogP contribution in [0.4, 0.5) is 5.69 Å². The first-order valence-corrected chi connectivity index (χ1v) is 6.94. The van der Waals surface area contributed by atoms with Crippen LogP contribution in [0.3, 0.4) is 0 Å². The molecular formula is C10H15BrN2O2S. The Bertz CT molecular complexity index is 475. The van der Waals surface area contributed by atoms with Crippen LogP contribution in [0.5, 0.6) is 0 Å². The van der Waals surface area contributed by atoms with Crippen molar-refractivity contribution in [1.29, 1.82) is 0 Å². The first kappa shape index (κ1) is 13.5. The molecule has 0 heterocycles. The maximum absolute atomic E-state index is 11.6. The van der Waals surface area contributed by atoms with E-state index < -0.39 is 10.2 Å². The topological polar surface area (TPSA) is 49.4 Å². The average molecular weight is 307 g/mol. The Balaban J connectivity index is 3.09. The van der Waals surface area contributed by atoms with Crippen LogP contribution in [0.25, 0.3) is 0 Å². The molecule has 0 aliphatic rings. The van der Waals surface area contributed by atoms with E-state index in [4.69, 9.17) is 0 Å². The van der Waals surface area contributed by atoms with Gasteiger partial charge in [-0.15, -0.1) is 0 Å². The quantitative estimate of drug-likeness (QED) is 0.931. The van der Waals surface area contributed by atoms with Crippen molar-refractivity contribution < 1.29 is 8.42 Å². The molecule has 0 unspecified atom stereocenters. The third-order valence-corrected chi connectivity index (χ3v) is 4.87. The van der Waals surface area contributed by atoms with Gasteiger partial charge in [0.15, 0.2) is 0 Å². The van der Waals surface area contributed by atoms with Gasteiger partial charge in [-0.1, -0.05) is 15.9 Å². The fourth-order valence-electron chi connectivity index (χ4n) is 1.25. The molecule has 1 aromatic carbocycles. The van der Waals surface area contributed by atoms with E-state index in [9.17, 15) is 8.42 Å². The van der Waals surface area contributed by atoms with Crippen LogP contribution in [-0.4, -0.2) is 26.8 Å². The molecule has 0 atom stereocenters.